The summed E-state index contributed by atoms with van der Waals surface area (Å²) in [6, 6.07) is 0. The van der Waals surface area contributed by atoms with E-state index in [1.165, 1.54) is 0 Å². The van der Waals surface area contributed by atoms with Crippen LogP contribution in [0.15, 0.2) is 0 Å². The van der Waals surface area contributed by atoms with Crippen molar-refractivity contribution < 1.29 is 24.2 Å². The number of carbonyl (C=O) groups is 2. The second-order valence-electron chi connectivity index (χ2n) is 3.35. The van der Waals surface area contributed by atoms with E-state index in [1.807, 2.05) is 0 Å². The fraction of sp³-hybridized carbons (Fsp3) is 0.800. The molecule has 0 saturated heterocycles. The van der Waals surface area contributed by atoms with Gasteiger partial charge in [0, 0.05) is 26.1 Å². The van der Waals surface area contributed by atoms with Crippen molar-refractivity contribution in [1.29, 1.82) is 0 Å². The zero-order chi connectivity index (χ0) is 13.6. The maximum Gasteiger partial charge on any atom is 0.404 e. The highest BCUT2D eigenvalue weighted by molar-refractivity contribution is 5.76. The van der Waals surface area contributed by atoms with Gasteiger partial charge in [0.2, 0.25) is 5.91 Å². The molecule has 0 spiro atoms. The van der Waals surface area contributed by atoms with E-state index in [2.05, 4.69) is 10.6 Å². The molecule has 0 rings (SSSR count). The number of nitrogens with two attached hydrogens (primary N) is 1. The van der Waals surface area contributed by atoms with Crippen LogP contribution in [0.1, 0.15) is 6.42 Å². The highest BCUT2D eigenvalue weighted by Crippen LogP contribution is 1.84. The predicted octanol–water partition coefficient (Wildman–Crippen LogP) is -1.25. The Morgan fingerprint density at radius 3 is 2.22 bits per heavy atom. The fourth-order valence-corrected chi connectivity index (χ4v) is 1.03. The summed E-state index contributed by atoms with van der Waals surface area (Å²) < 4.78 is 10.2. The molecule has 0 atom stereocenters. The van der Waals surface area contributed by atoms with Crippen molar-refractivity contribution >= 4 is 12.0 Å². The highest BCUT2D eigenvalue weighted by atomic mass is 16.5. The molecule has 2 amide bonds. The van der Waals surface area contributed by atoms with Gasteiger partial charge in [-0.25, -0.2) is 4.79 Å². The van der Waals surface area contributed by atoms with E-state index in [4.69, 9.17) is 20.3 Å². The number of nitrogens with one attached hydrogen (secondary N) is 2. The van der Waals surface area contributed by atoms with Crippen LogP contribution in [0.4, 0.5) is 4.79 Å². The van der Waals surface area contributed by atoms with Crippen LogP contribution >= 0.6 is 0 Å². The second kappa shape index (κ2) is 12.1. The van der Waals surface area contributed by atoms with Crippen molar-refractivity contribution in [3.8, 4) is 0 Å². The monoisotopic (exact) mass is 263 g/mol. The molecule has 0 unspecified atom stereocenters. The molecule has 0 bridgehead atoms. The Labute approximate surface area is 106 Å². The Morgan fingerprint density at radius 1 is 1.00 bits per heavy atom. The van der Waals surface area contributed by atoms with E-state index in [1.54, 1.807) is 0 Å². The maximum absolute atomic E-state index is 11.2. The second-order valence-corrected chi connectivity index (χ2v) is 3.35. The Kier molecular flexibility index (Phi) is 11.2. The fourth-order valence-electron chi connectivity index (χ4n) is 1.03. The summed E-state index contributed by atoms with van der Waals surface area (Å²) >= 11 is 0. The molecule has 0 radical (unpaired) electrons. The Hall–Kier alpha value is -1.38. The minimum absolute atomic E-state index is 0.176. The average molecular weight is 263 g/mol. The van der Waals surface area contributed by atoms with Gasteiger partial charge in [-0.15, -0.1) is 0 Å². The third kappa shape index (κ3) is 12.7. The molecule has 5 N–H and O–H groups in total. The predicted molar refractivity (Wildman–Crippen MR) is 64.3 cm³/mol. The molecule has 0 aliphatic rings. The molecule has 0 saturated carbocycles. The van der Waals surface area contributed by atoms with Gasteiger partial charge in [0.05, 0.1) is 26.4 Å². The van der Waals surface area contributed by atoms with Crippen molar-refractivity contribution in [2.24, 2.45) is 5.73 Å². The average Bonchev–Trinajstić information content (AvgIpc) is 2.33. The molecule has 106 valence electrons. The molecule has 18 heavy (non-hydrogen) atoms. The topological polar surface area (TPSA) is 123 Å². The van der Waals surface area contributed by atoms with E-state index in [-0.39, 0.29) is 25.4 Å². The third-order valence-electron chi connectivity index (χ3n) is 1.83. The quantitative estimate of drug-likeness (QED) is 0.345. The van der Waals surface area contributed by atoms with Gasteiger partial charge in [0.25, 0.3) is 0 Å². The van der Waals surface area contributed by atoms with E-state index in [0.717, 1.165) is 0 Å². The normalized spacial score (nSPS) is 10.1. The van der Waals surface area contributed by atoms with E-state index >= 15 is 0 Å². The van der Waals surface area contributed by atoms with Gasteiger partial charge in [-0.05, 0) is 0 Å². The van der Waals surface area contributed by atoms with Crippen LogP contribution in [0.5, 0.6) is 0 Å². The summed E-state index contributed by atoms with van der Waals surface area (Å²) in [5, 5.41) is 13.0. The minimum atomic E-state index is -1.11. The van der Waals surface area contributed by atoms with Gasteiger partial charge < -0.3 is 30.9 Å². The van der Waals surface area contributed by atoms with E-state index in [9.17, 15) is 9.59 Å². The summed E-state index contributed by atoms with van der Waals surface area (Å²) in [5.74, 6) is -0.176. The number of ether oxygens (including phenoxy) is 2. The van der Waals surface area contributed by atoms with Gasteiger partial charge >= 0.3 is 6.09 Å². The zero-order valence-electron chi connectivity index (χ0n) is 10.3. The summed E-state index contributed by atoms with van der Waals surface area (Å²) in [4.78, 5) is 21.3. The van der Waals surface area contributed by atoms with Crippen molar-refractivity contribution in [3.63, 3.8) is 0 Å². The maximum atomic E-state index is 11.2. The molecule has 0 aromatic rings. The summed E-state index contributed by atoms with van der Waals surface area (Å²) in [6.45, 7) is 2.63. The Morgan fingerprint density at radius 2 is 1.61 bits per heavy atom. The van der Waals surface area contributed by atoms with Crippen molar-refractivity contribution in [1.82, 2.24) is 10.6 Å². The van der Waals surface area contributed by atoms with Crippen molar-refractivity contribution in [3.05, 3.63) is 0 Å². The van der Waals surface area contributed by atoms with Gasteiger partial charge in [-0.2, -0.15) is 0 Å². The highest BCUT2D eigenvalue weighted by Gasteiger charge is 2.00. The van der Waals surface area contributed by atoms with Gasteiger partial charge in [-0.3, -0.25) is 4.79 Å². The van der Waals surface area contributed by atoms with Crippen LogP contribution in [0.3, 0.4) is 0 Å². The van der Waals surface area contributed by atoms with Crippen molar-refractivity contribution in [2.45, 2.75) is 6.42 Å². The molecular formula is C10H21N3O5. The van der Waals surface area contributed by atoms with Gasteiger partial charge in [0.15, 0.2) is 0 Å². The SMILES string of the molecule is NCCOCCOCCC(=O)NCCNC(=O)O. The lowest BCUT2D eigenvalue weighted by molar-refractivity contribution is -0.122. The lowest BCUT2D eigenvalue weighted by Gasteiger charge is -2.06. The van der Waals surface area contributed by atoms with Crippen LogP contribution in [-0.4, -0.2) is 63.2 Å². The summed E-state index contributed by atoms with van der Waals surface area (Å²) in [6.07, 6.45) is -0.866. The zero-order valence-corrected chi connectivity index (χ0v) is 10.3. The van der Waals surface area contributed by atoms with Crippen LogP contribution in [0, 0.1) is 0 Å². The van der Waals surface area contributed by atoms with Crippen LogP contribution in [0.25, 0.3) is 0 Å². The first-order valence-electron chi connectivity index (χ1n) is 5.76. The standard InChI is InChI=1S/C10H21N3O5/c11-2-6-18-8-7-17-5-1-9(14)12-3-4-13-10(15)16/h13H,1-8,11H2,(H,12,14)(H,15,16). The van der Waals surface area contributed by atoms with E-state index < -0.39 is 6.09 Å². The van der Waals surface area contributed by atoms with Crippen LogP contribution in [0.2, 0.25) is 0 Å². The van der Waals surface area contributed by atoms with Crippen LogP contribution in [-0.2, 0) is 14.3 Å². The lowest BCUT2D eigenvalue weighted by Crippen LogP contribution is -2.34. The number of hydrogen-bond acceptors (Lipinski definition) is 5. The number of hydrogen-bond donors (Lipinski definition) is 4. The molecule has 8 heteroatoms. The lowest BCUT2D eigenvalue weighted by atomic mass is 10.4. The molecule has 8 nitrogen and oxygen atoms in total. The number of amides is 2. The summed E-state index contributed by atoms with van der Waals surface area (Å²) in [5.41, 5.74) is 5.23. The first-order valence-corrected chi connectivity index (χ1v) is 5.76. The number of carboxylic acid groups (broad SMARTS) is 1. The molecule has 0 aromatic carbocycles. The van der Waals surface area contributed by atoms with E-state index in [0.29, 0.717) is 33.0 Å². The number of rotatable bonds is 11. The minimum Gasteiger partial charge on any atom is -0.465 e. The Balaban J connectivity index is 3.19. The van der Waals surface area contributed by atoms with Crippen LogP contribution < -0.4 is 16.4 Å². The molecule has 0 aliphatic carbocycles. The first kappa shape index (κ1) is 16.6. The smallest absolute Gasteiger partial charge is 0.404 e. The third-order valence-corrected chi connectivity index (χ3v) is 1.83. The van der Waals surface area contributed by atoms with Gasteiger partial charge in [-0.1, -0.05) is 0 Å². The molecular weight excluding hydrogens is 242 g/mol. The number of carbonyl (C=O) groups excluding carboxylic acids is 1. The largest absolute Gasteiger partial charge is 0.465 e. The molecule has 0 heterocycles. The van der Waals surface area contributed by atoms with Gasteiger partial charge in [0.1, 0.15) is 0 Å². The van der Waals surface area contributed by atoms with Crippen molar-refractivity contribution in [2.75, 3.05) is 46.1 Å². The summed E-state index contributed by atoms with van der Waals surface area (Å²) in [7, 11) is 0. The first-order chi connectivity index (χ1) is 8.66. The molecule has 0 aromatic heterocycles. The Bertz CT molecular complexity index is 238. The molecule has 0 fully saturated rings. The molecule has 0 aliphatic heterocycles.